The first-order chi connectivity index (χ1) is 9.47. The minimum atomic E-state index is -1.31. The Balaban J connectivity index is 2.83. The van der Waals surface area contributed by atoms with Crippen molar-refractivity contribution in [1.82, 2.24) is 5.32 Å². The highest BCUT2D eigenvalue weighted by Gasteiger charge is 2.22. The molecule has 0 bridgehead atoms. The molecule has 0 aromatic heterocycles. The second-order valence-electron chi connectivity index (χ2n) is 3.84. The van der Waals surface area contributed by atoms with E-state index in [1.807, 2.05) is 0 Å². The Labute approximate surface area is 114 Å². The zero-order chi connectivity index (χ0) is 15.1. The Hall–Kier alpha value is -2.64. The number of hydrogen-bond donors (Lipinski definition) is 2. The van der Waals surface area contributed by atoms with E-state index in [-0.39, 0.29) is 30.2 Å². The van der Waals surface area contributed by atoms with E-state index in [4.69, 9.17) is 9.84 Å². The number of amides is 1. The van der Waals surface area contributed by atoms with E-state index in [1.165, 1.54) is 25.2 Å². The molecule has 0 heterocycles. The van der Waals surface area contributed by atoms with Crippen LogP contribution in [0.1, 0.15) is 23.2 Å². The maximum atomic E-state index is 11.0. The maximum Gasteiger partial charge on any atom is 0.339 e. The highest BCUT2D eigenvalue weighted by molar-refractivity contribution is 5.92. The average Bonchev–Trinajstić information content (AvgIpc) is 2.42. The quantitative estimate of drug-likeness (QED) is 0.440. The van der Waals surface area contributed by atoms with Gasteiger partial charge in [0.2, 0.25) is 11.7 Å². The number of nitro benzene ring substituents is 1. The topological polar surface area (TPSA) is 119 Å². The predicted molar refractivity (Wildman–Crippen MR) is 68.9 cm³/mol. The average molecular weight is 282 g/mol. The number of nitro groups is 1. The Bertz CT molecular complexity index is 496. The van der Waals surface area contributed by atoms with Gasteiger partial charge in [-0.3, -0.25) is 14.9 Å². The minimum absolute atomic E-state index is 0.0125. The van der Waals surface area contributed by atoms with Crippen molar-refractivity contribution in [3.05, 3.63) is 33.9 Å². The number of carboxylic acid groups (broad SMARTS) is 1. The van der Waals surface area contributed by atoms with Gasteiger partial charge in [0.05, 0.1) is 11.5 Å². The van der Waals surface area contributed by atoms with Gasteiger partial charge < -0.3 is 15.2 Å². The number of nitrogens with one attached hydrogen (secondary N) is 1. The third-order valence-electron chi connectivity index (χ3n) is 2.49. The van der Waals surface area contributed by atoms with E-state index in [0.29, 0.717) is 6.42 Å². The summed E-state index contributed by atoms with van der Waals surface area (Å²) in [5.74, 6) is -1.79. The summed E-state index contributed by atoms with van der Waals surface area (Å²) in [6.07, 6.45) is 0.518. The van der Waals surface area contributed by atoms with Crippen molar-refractivity contribution in [3.8, 4) is 5.75 Å². The van der Waals surface area contributed by atoms with E-state index >= 15 is 0 Å². The van der Waals surface area contributed by atoms with E-state index in [0.717, 1.165) is 0 Å². The molecule has 2 N–H and O–H groups in total. The largest absolute Gasteiger partial charge is 0.486 e. The molecule has 0 saturated heterocycles. The lowest BCUT2D eigenvalue weighted by Crippen LogP contribution is -2.18. The molecule has 0 aliphatic heterocycles. The lowest BCUT2D eigenvalue weighted by molar-refractivity contribution is -0.385. The van der Waals surface area contributed by atoms with E-state index in [9.17, 15) is 19.7 Å². The van der Waals surface area contributed by atoms with Crippen LogP contribution in [-0.4, -0.2) is 35.6 Å². The highest BCUT2D eigenvalue weighted by atomic mass is 16.6. The minimum Gasteiger partial charge on any atom is -0.486 e. The first-order valence-corrected chi connectivity index (χ1v) is 5.81. The Morgan fingerprint density at radius 2 is 2.15 bits per heavy atom. The van der Waals surface area contributed by atoms with Crippen LogP contribution in [0, 0.1) is 10.1 Å². The van der Waals surface area contributed by atoms with Crippen LogP contribution in [0.25, 0.3) is 0 Å². The molecule has 1 aromatic rings. The summed E-state index contributed by atoms with van der Waals surface area (Å²) in [5, 5.41) is 22.3. The van der Waals surface area contributed by atoms with Crippen molar-refractivity contribution in [2.45, 2.75) is 12.8 Å². The molecule has 1 aromatic carbocycles. The third-order valence-corrected chi connectivity index (χ3v) is 2.49. The second-order valence-corrected chi connectivity index (χ2v) is 3.84. The number of carbonyl (C=O) groups excluding carboxylic acids is 1. The Kier molecular flexibility index (Phi) is 5.45. The van der Waals surface area contributed by atoms with Crippen molar-refractivity contribution < 1.29 is 24.4 Å². The predicted octanol–water partition coefficient (Wildman–Crippen LogP) is 1.20. The van der Waals surface area contributed by atoms with Crippen LogP contribution in [0.4, 0.5) is 5.69 Å². The number of aromatic carboxylic acids is 1. The van der Waals surface area contributed by atoms with Gasteiger partial charge in [0.15, 0.2) is 0 Å². The molecule has 0 spiro atoms. The lowest BCUT2D eigenvalue weighted by atomic mass is 10.1. The van der Waals surface area contributed by atoms with Gasteiger partial charge in [0.25, 0.3) is 0 Å². The van der Waals surface area contributed by atoms with Gasteiger partial charge in [-0.05, 0) is 12.5 Å². The molecule has 0 atom stereocenters. The monoisotopic (exact) mass is 282 g/mol. The summed E-state index contributed by atoms with van der Waals surface area (Å²) in [7, 11) is 1.49. The van der Waals surface area contributed by atoms with E-state index in [2.05, 4.69) is 5.32 Å². The van der Waals surface area contributed by atoms with Crippen molar-refractivity contribution in [2.75, 3.05) is 13.7 Å². The first kappa shape index (κ1) is 15.4. The summed E-state index contributed by atoms with van der Waals surface area (Å²) < 4.78 is 5.18. The van der Waals surface area contributed by atoms with Crippen molar-refractivity contribution in [2.24, 2.45) is 0 Å². The molecule has 0 fully saturated rings. The van der Waals surface area contributed by atoms with Crippen LogP contribution in [0.3, 0.4) is 0 Å². The standard InChI is InChI=1S/C12H14N2O6/c1-13-10(15)6-3-7-20-11-8(12(16)17)4-2-5-9(11)14(18)19/h2,4-5H,3,6-7H2,1H3,(H,13,15)(H,16,17). The molecule has 108 valence electrons. The molecule has 0 aliphatic carbocycles. The number of hydrogen-bond acceptors (Lipinski definition) is 5. The molecular formula is C12H14N2O6. The van der Waals surface area contributed by atoms with Crippen LogP contribution >= 0.6 is 0 Å². The fourth-order valence-electron chi connectivity index (χ4n) is 1.52. The number of carboxylic acids is 1. The summed E-state index contributed by atoms with van der Waals surface area (Å²) in [6, 6.07) is 3.67. The molecule has 0 saturated carbocycles. The van der Waals surface area contributed by atoms with Crippen molar-refractivity contribution >= 4 is 17.6 Å². The molecule has 1 amide bonds. The van der Waals surface area contributed by atoms with Crippen molar-refractivity contribution in [3.63, 3.8) is 0 Å². The van der Waals surface area contributed by atoms with Crippen LogP contribution < -0.4 is 10.1 Å². The van der Waals surface area contributed by atoms with Gasteiger partial charge in [-0.1, -0.05) is 6.07 Å². The van der Waals surface area contributed by atoms with E-state index < -0.39 is 16.6 Å². The molecule has 0 radical (unpaired) electrons. The van der Waals surface area contributed by atoms with Gasteiger partial charge >= 0.3 is 11.7 Å². The number of rotatable bonds is 7. The summed E-state index contributed by atoms with van der Waals surface area (Å²) in [5.41, 5.74) is -0.691. The third kappa shape index (κ3) is 3.94. The Morgan fingerprint density at radius 3 is 2.70 bits per heavy atom. The summed E-state index contributed by atoms with van der Waals surface area (Å²) in [6.45, 7) is 0.0125. The lowest BCUT2D eigenvalue weighted by Gasteiger charge is -2.09. The maximum absolute atomic E-state index is 11.0. The first-order valence-electron chi connectivity index (χ1n) is 5.81. The van der Waals surface area contributed by atoms with Gasteiger partial charge in [0, 0.05) is 19.5 Å². The van der Waals surface area contributed by atoms with Crippen LogP contribution in [0.5, 0.6) is 5.75 Å². The molecule has 0 unspecified atom stereocenters. The van der Waals surface area contributed by atoms with Crippen LogP contribution in [-0.2, 0) is 4.79 Å². The second kappa shape index (κ2) is 7.07. The van der Waals surface area contributed by atoms with Crippen LogP contribution in [0.15, 0.2) is 18.2 Å². The number of carbonyl (C=O) groups is 2. The molecular weight excluding hydrogens is 268 g/mol. The SMILES string of the molecule is CNC(=O)CCCOc1c(C(=O)O)cccc1[N+](=O)[O-]. The molecule has 1 rings (SSSR count). The van der Waals surface area contributed by atoms with Crippen molar-refractivity contribution in [1.29, 1.82) is 0 Å². The Morgan fingerprint density at radius 1 is 1.45 bits per heavy atom. The van der Waals surface area contributed by atoms with Gasteiger partial charge in [-0.25, -0.2) is 4.79 Å². The highest BCUT2D eigenvalue weighted by Crippen LogP contribution is 2.31. The van der Waals surface area contributed by atoms with Gasteiger partial charge in [0.1, 0.15) is 5.56 Å². The smallest absolute Gasteiger partial charge is 0.339 e. The van der Waals surface area contributed by atoms with E-state index in [1.54, 1.807) is 0 Å². The van der Waals surface area contributed by atoms with Gasteiger partial charge in [-0.15, -0.1) is 0 Å². The van der Waals surface area contributed by atoms with Gasteiger partial charge in [-0.2, -0.15) is 0 Å². The molecule has 8 heteroatoms. The number of para-hydroxylation sites is 1. The fraction of sp³-hybridized carbons (Fsp3) is 0.333. The summed E-state index contributed by atoms with van der Waals surface area (Å²) >= 11 is 0. The zero-order valence-electron chi connectivity index (χ0n) is 10.8. The normalized spacial score (nSPS) is 9.85. The summed E-state index contributed by atoms with van der Waals surface area (Å²) in [4.78, 5) is 32.2. The molecule has 20 heavy (non-hydrogen) atoms. The fourth-order valence-corrected chi connectivity index (χ4v) is 1.52. The zero-order valence-corrected chi connectivity index (χ0v) is 10.8. The number of ether oxygens (including phenoxy) is 1. The molecule has 8 nitrogen and oxygen atoms in total. The number of nitrogens with zero attached hydrogens (tertiary/aromatic N) is 1. The molecule has 0 aliphatic rings. The number of benzene rings is 1. The van der Waals surface area contributed by atoms with Crippen LogP contribution in [0.2, 0.25) is 0 Å².